The fourth-order valence-electron chi connectivity index (χ4n) is 2.40. The Morgan fingerprint density at radius 1 is 1.44 bits per heavy atom. The Morgan fingerprint density at radius 3 is 2.94 bits per heavy atom. The number of nitrogens with two attached hydrogens (primary N) is 1. The third kappa shape index (κ3) is 2.54. The number of para-hydroxylation sites is 1. The first-order valence-corrected chi connectivity index (χ1v) is 5.87. The van der Waals surface area contributed by atoms with Gasteiger partial charge in [-0.1, -0.05) is 18.2 Å². The number of benzene rings is 1. The Morgan fingerprint density at radius 2 is 2.19 bits per heavy atom. The summed E-state index contributed by atoms with van der Waals surface area (Å²) in [6.45, 7) is 1.94. The van der Waals surface area contributed by atoms with Crippen LogP contribution in [0.2, 0.25) is 0 Å². The minimum Gasteiger partial charge on any atom is -0.399 e. The second-order valence-electron chi connectivity index (χ2n) is 4.78. The van der Waals surface area contributed by atoms with Crippen LogP contribution in [0.1, 0.15) is 12.0 Å². The highest BCUT2D eigenvalue weighted by molar-refractivity contribution is 5.46. The van der Waals surface area contributed by atoms with Gasteiger partial charge in [0, 0.05) is 24.7 Å². The number of aliphatic hydroxyl groups excluding tert-OH is 1. The number of nitrogen functional groups attached to an aromatic ring is 1. The van der Waals surface area contributed by atoms with E-state index in [9.17, 15) is 5.11 Å². The van der Waals surface area contributed by atoms with Gasteiger partial charge >= 0.3 is 0 Å². The van der Waals surface area contributed by atoms with E-state index in [1.165, 1.54) is 0 Å². The van der Waals surface area contributed by atoms with E-state index in [4.69, 9.17) is 5.73 Å². The van der Waals surface area contributed by atoms with Gasteiger partial charge in [0.25, 0.3) is 0 Å². The first-order chi connectivity index (χ1) is 7.66. The Hall–Kier alpha value is -1.06. The molecule has 1 fully saturated rings. The van der Waals surface area contributed by atoms with Crippen molar-refractivity contribution in [3.8, 4) is 0 Å². The zero-order valence-electron chi connectivity index (χ0n) is 9.76. The van der Waals surface area contributed by atoms with Crippen LogP contribution in [0.25, 0.3) is 0 Å². The number of nitrogens with zero attached hydrogens (tertiary/aromatic N) is 1. The predicted molar refractivity (Wildman–Crippen MR) is 66.2 cm³/mol. The smallest absolute Gasteiger partial charge is 0.0596 e. The van der Waals surface area contributed by atoms with Crippen molar-refractivity contribution in [2.75, 3.05) is 25.9 Å². The lowest BCUT2D eigenvalue weighted by molar-refractivity contribution is 0.0367. The predicted octanol–water partition coefficient (Wildman–Crippen LogP) is 1.12. The van der Waals surface area contributed by atoms with Crippen molar-refractivity contribution in [3.63, 3.8) is 0 Å². The Labute approximate surface area is 96.9 Å². The lowest BCUT2D eigenvalue weighted by Gasteiger charge is -2.34. The van der Waals surface area contributed by atoms with Crippen LogP contribution in [0.5, 0.6) is 0 Å². The summed E-state index contributed by atoms with van der Waals surface area (Å²) in [5, 5.41) is 9.97. The summed E-state index contributed by atoms with van der Waals surface area (Å²) in [4.78, 5) is 2.27. The second kappa shape index (κ2) is 4.85. The van der Waals surface area contributed by atoms with Gasteiger partial charge in [-0.25, -0.2) is 0 Å². The molecule has 1 aromatic rings. The molecule has 2 atom stereocenters. The third-order valence-corrected chi connectivity index (χ3v) is 3.43. The molecule has 0 aliphatic carbocycles. The molecule has 1 aliphatic rings. The zero-order chi connectivity index (χ0) is 11.5. The van der Waals surface area contributed by atoms with Gasteiger partial charge in [0.15, 0.2) is 0 Å². The van der Waals surface area contributed by atoms with E-state index in [-0.39, 0.29) is 6.10 Å². The molecule has 16 heavy (non-hydrogen) atoms. The van der Waals surface area contributed by atoms with Gasteiger partial charge in [-0.05, 0) is 31.5 Å². The van der Waals surface area contributed by atoms with Crippen LogP contribution in [0.3, 0.4) is 0 Å². The summed E-state index contributed by atoms with van der Waals surface area (Å²) in [6, 6.07) is 7.93. The van der Waals surface area contributed by atoms with Crippen molar-refractivity contribution in [2.24, 2.45) is 5.92 Å². The van der Waals surface area contributed by atoms with Crippen LogP contribution in [0, 0.1) is 5.92 Å². The van der Waals surface area contributed by atoms with E-state index >= 15 is 0 Å². The summed E-state index contributed by atoms with van der Waals surface area (Å²) in [5.74, 6) is 0.309. The SMILES string of the molecule is CN1CCC(O)C(Cc2ccccc2N)C1. The van der Waals surface area contributed by atoms with Crippen LogP contribution in [-0.4, -0.2) is 36.2 Å². The number of anilines is 1. The summed E-state index contributed by atoms with van der Waals surface area (Å²) < 4.78 is 0. The van der Waals surface area contributed by atoms with Crippen molar-refractivity contribution >= 4 is 5.69 Å². The van der Waals surface area contributed by atoms with Gasteiger partial charge in [0.2, 0.25) is 0 Å². The van der Waals surface area contributed by atoms with Crippen molar-refractivity contribution < 1.29 is 5.11 Å². The topological polar surface area (TPSA) is 49.5 Å². The molecule has 0 bridgehead atoms. The fourth-order valence-corrected chi connectivity index (χ4v) is 2.40. The van der Waals surface area contributed by atoms with Gasteiger partial charge in [0.05, 0.1) is 6.10 Å². The standard InChI is InChI=1S/C13H20N2O/c1-15-7-6-13(16)11(9-15)8-10-4-2-3-5-12(10)14/h2-5,11,13,16H,6-9,14H2,1H3. The molecule has 1 aromatic carbocycles. The average Bonchev–Trinajstić information content (AvgIpc) is 2.27. The van der Waals surface area contributed by atoms with Crippen LogP contribution in [-0.2, 0) is 6.42 Å². The molecule has 2 rings (SSSR count). The number of aliphatic hydroxyl groups is 1. The summed E-state index contributed by atoms with van der Waals surface area (Å²) in [5.41, 5.74) is 7.91. The van der Waals surface area contributed by atoms with Crippen molar-refractivity contribution in [3.05, 3.63) is 29.8 Å². The fraction of sp³-hybridized carbons (Fsp3) is 0.538. The highest BCUT2D eigenvalue weighted by Crippen LogP contribution is 2.23. The molecule has 88 valence electrons. The van der Waals surface area contributed by atoms with Gasteiger partial charge in [0.1, 0.15) is 0 Å². The molecule has 3 nitrogen and oxygen atoms in total. The Kier molecular flexibility index (Phi) is 3.46. The Balaban J connectivity index is 2.06. The van der Waals surface area contributed by atoms with Gasteiger partial charge in [-0.2, -0.15) is 0 Å². The highest BCUT2D eigenvalue weighted by Gasteiger charge is 2.26. The molecule has 1 aliphatic heterocycles. The number of hydrogen-bond donors (Lipinski definition) is 2. The van der Waals surface area contributed by atoms with Gasteiger partial charge in [-0.15, -0.1) is 0 Å². The van der Waals surface area contributed by atoms with Gasteiger partial charge in [-0.3, -0.25) is 0 Å². The maximum absolute atomic E-state index is 9.97. The first kappa shape index (κ1) is 11.4. The molecule has 1 heterocycles. The minimum atomic E-state index is -0.184. The van der Waals surface area contributed by atoms with Crippen LogP contribution in [0.15, 0.2) is 24.3 Å². The van der Waals surface area contributed by atoms with Crippen molar-refractivity contribution in [2.45, 2.75) is 18.9 Å². The molecular formula is C13H20N2O. The number of hydrogen-bond acceptors (Lipinski definition) is 3. The van der Waals surface area contributed by atoms with E-state index in [1.54, 1.807) is 0 Å². The quantitative estimate of drug-likeness (QED) is 0.734. The molecule has 0 radical (unpaired) electrons. The third-order valence-electron chi connectivity index (χ3n) is 3.43. The molecule has 1 saturated heterocycles. The van der Waals surface area contributed by atoms with Crippen molar-refractivity contribution in [1.82, 2.24) is 4.90 Å². The molecular weight excluding hydrogens is 200 g/mol. The minimum absolute atomic E-state index is 0.184. The molecule has 0 saturated carbocycles. The second-order valence-corrected chi connectivity index (χ2v) is 4.78. The van der Waals surface area contributed by atoms with Crippen LogP contribution >= 0.6 is 0 Å². The average molecular weight is 220 g/mol. The molecule has 3 heteroatoms. The van der Waals surface area contributed by atoms with E-state index in [0.29, 0.717) is 5.92 Å². The van der Waals surface area contributed by atoms with Crippen molar-refractivity contribution in [1.29, 1.82) is 0 Å². The highest BCUT2D eigenvalue weighted by atomic mass is 16.3. The maximum Gasteiger partial charge on any atom is 0.0596 e. The normalized spacial score (nSPS) is 26.9. The maximum atomic E-state index is 9.97. The number of piperidine rings is 1. The lowest BCUT2D eigenvalue weighted by atomic mass is 9.88. The van der Waals surface area contributed by atoms with Crippen LogP contribution < -0.4 is 5.73 Å². The van der Waals surface area contributed by atoms with Gasteiger partial charge < -0.3 is 15.7 Å². The molecule has 0 amide bonds. The Bertz CT molecular complexity index is 354. The van der Waals surface area contributed by atoms with E-state index < -0.39 is 0 Å². The van der Waals surface area contributed by atoms with E-state index in [0.717, 1.165) is 37.2 Å². The summed E-state index contributed by atoms with van der Waals surface area (Å²) in [6.07, 6.45) is 1.56. The summed E-state index contributed by atoms with van der Waals surface area (Å²) in [7, 11) is 2.10. The van der Waals surface area contributed by atoms with E-state index in [2.05, 4.69) is 18.0 Å². The number of rotatable bonds is 2. The number of likely N-dealkylation sites (tertiary alicyclic amines) is 1. The lowest BCUT2D eigenvalue weighted by Crippen LogP contribution is -2.42. The molecule has 0 aromatic heterocycles. The monoisotopic (exact) mass is 220 g/mol. The molecule has 3 N–H and O–H groups in total. The molecule has 2 unspecified atom stereocenters. The van der Waals surface area contributed by atoms with Crippen LogP contribution in [0.4, 0.5) is 5.69 Å². The zero-order valence-corrected chi connectivity index (χ0v) is 9.76. The largest absolute Gasteiger partial charge is 0.399 e. The van der Waals surface area contributed by atoms with E-state index in [1.807, 2.05) is 18.2 Å². The summed E-state index contributed by atoms with van der Waals surface area (Å²) >= 11 is 0. The first-order valence-electron chi connectivity index (χ1n) is 5.87. The molecule has 0 spiro atoms.